The third-order valence-corrected chi connectivity index (χ3v) is 19.0. The van der Waals surface area contributed by atoms with Crippen molar-refractivity contribution >= 4 is 0 Å². The molecule has 636 valence electrons. The molecule has 12 aromatic carbocycles. The largest absolute Gasteiger partial charge is 0.305 e. The minimum Gasteiger partial charge on any atom is -0.305 e. The minimum atomic E-state index is 0. The number of hydrogen-bond acceptors (Lipinski definition) is 8. The summed E-state index contributed by atoms with van der Waals surface area (Å²) in [6.07, 6.45) is 12.7. The van der Waals surface area contributed by atoms with Crippen LogP contribution in [0.5, 0.6) is 0 Å². The van der Waals surface area contributed by atoms with Crippen LogP contribution in [-0.2, 0) is 80.4 Å². The van der Waals surface area contributed by atoms with Crippen LogP contribution in [0.3, 0.4) is 0 Å². The smallest absolute Gasteiger partial charge is 0.0266 e. The Kier molecular flexibility index (Phi) is 41.7. The molecule has 0 aliphatic rings. The standard InChI is InChI=1S/3C18H14N.C17H12N.C12H10N.3C11H8N.4Ir/c1-14-7-12-18(19-13-14)17-10-8-16(9-11-17)15-5-3-2-4-6-15;2*1-14-11-12-19-18(13-14)17-9-7-16(8-10-17)15-5-3-2-4-6-15;1-2-6-14(7-3-1)15-9-11-16(12-10-15)17-8-4-5-13-18-17;1-10-6-5-9-12(13-10)11-7-3-2-4-8-11;3*1-2-6-10(7-3-1)11-8-4-5-9-12-11;;;;/h2-10,12-13H,1H3;2*2-9,11-13H,1H3;1-11,13H;2-7,9H,1H3;3*1-6,8-9H;;;;/q8*-1;;;;. The summed E-state index contributed by atoms with van der Waals surface area (Å²) in [5, 5.41) is 0. The van der Waals surface area contributed by atoms with Gasteiger partial charge in [0.05, 0.1) is 0 Å². The first-order valence-electron chi connectivity index (χ1n) is 40.7. The number of hydrogen-bond donors (Lipinski definition) is 0. The SMILES string of the molecule is Cc1ccc(-c2[c-]cc(-c3ccccc3)cc2)nc1.Cc1cccc(-c2[c-]cccc2)n1.Cc1ccnc(-c2[c-]cc(-c3ccccc3)cc2)c1.Cc1ccnc(-c2[c-]cc(-c3ccccc3)cc2)c1.[Ir].[Ir].[Ir].[Ir].[c-]1cc(-c2ccccc2)ccc1-c1ccccn1.[c-]1ccccc1-c1ccccn1.[c-]1ccccc1-c1ccccn1.[c-]1ccccc1-c1ccccn1. The maximum Gasteiger partial charge on any atom is 0.0266 e. The van der Waals surface area contributed by atoms with Crippen molar-refractivity contribution in [3.8, 4) is 135 Å². The number of aromatic nitrogens is 8. The van der Waals surface area contributed by atoms with Gasteiger partial charge < -0.3 is 39.9 Å². The van der Waals surface area contributed by atoms with Crippen molar-refractivity contribution in [1.82, 2.24) is 39.9 Å². The van der Waals surface area contributed by atoms with Gasteiger partial charge in [0, 0.05) is 129 Å². The van der Waals surface area contributed by atoms with Gasteiger partial charge in [0.15, 0.2) is 0 Å². The maximum absolute atomic E-state index is 4.42. The molecule has 0 saturated heterocycles. The van der Waals surface area contributed by atoms with Gasteiger partial charge in [0.1, 0.15) is 0 Å². The van der Waals surface area contributed by atoms with Crippen LogP contribution < -0.4 is 0 Å². The molecule has 128 heavy (non-hydrogen) atoms. The summed E-state index contributed by atoms with van der Waals surface area (Å²) in [7, 11) is 0. The van der Waals surface area contributed by atoms with Crippen LogP contribution in [0.2, 0.25) is 0 Å². The normalized spacial score (nSPS) is 9.78. The summed E-state index contributed by atoms with van der Waals surface area (Å²) in [6, 6.07) is 165. The molecule has 0 spiro atoms. The average Bonchev–Trinajstić information content (AvgIpc) is 0.853. The Morgan fingerprint density at radius 3 is 0.688 bits per heavy atom. The molecule has 4 radical (unpaired) electrons. The van der Waals surface area contributed by atoms with Gasteiger partial charge in [-0.2, -0.15) is 0 Å². The molecule has 0 aliphatic carbocycles. The predicted molar refractivity (Wildman–Crippen MR) is 509 cm³/mol. The van der Waals surface area contributed by atoms with Gasteiger partial charge in [-0.1, -0.05) is 262 Å². The van der Waals surface area contributed by atoms with Gasteiger partial charge >= 0.3 is 0 Å². The van der Waals surface area contributed by atoms with Gasteiger partial charge in [-0.3, -0.25) is 0 Å². The molecule has 8 nitrogen and oxygen atoms in total. The van der Waals surface area contributed by atoms with Crippen LogP contribution >= 0.6 is 0 Å². The zero-order valence-electron chi connectivity index (χ0n) is 70.8. The summed E-state index contributed by atoms with van der Waals surface area (Å²) in [6.45, 7) is 8.18. The average molecular weight is 2360 g/mol. The molecule has 20 aromatic rings. The van der Waals surface area contributed by atoms with E-state index in [0.717, 1.165) is 95.8 Å². The van der Waals surface area contributed by atoms with Crippen molar-refractivity contribution in [3.63, 3.8) is 0 Å². The van der Waals surface area contributed by atoms with Crippen molar-refractivity contribution in [2.24, 2.45) is 0 Å². The molecule has 0 fully saturated rings. The molecule has 12 heteroatoms. The van der Waals surface area contributed by atoms with Gasteiger partial charge in [0.2, 0.25) is 0 Å². The van der Waals surface area contributed by atoms with Gasteiger partial charge in [-0.25, -0.2) is 0 Å². The molecule has 0 N–H and O–H groups in total. The summed E-state index contributed by atoms with van der Waals surface area (Å²) in [4.78, 5) is 34.6. The van der Waals surface area contributed by atoms with Gasteiger partial charge in [-0.15, -0.1) is 263 Å². The van der Waals surface area contributed by atoms with Crippen LogP contribution in [0.15, 0.2) is 462 Å². The topological polar surface area (TPSA) is 103 Å². The fourth-order valence-electron chi connectivity index (χ4n) is 12.6. The number of aryl methyl sites for hydroxylation is 4. The van der Waals surface area contributed by atoms with E-state index in [1.54, 1.807) is 24.8 Å². The zero-order valence-corrected chi connectivity index (χ0v) is 80.4. The van der Waals surface area contributed by atoms with E-state index in [2.05, 4.69) is 218 Å². The zero-order chi connectivity index (χ0) is 85.2. The molecule has 8 aromatic heterocycles. The number of pyridine rings is 8. The molecular formula is C116H88Ir4N8-8. The van der Waals surface area contributed by atoms with E-state index in [9.17, 15) is 0 Å². The maximum atomic E-state index is 4.42. The van der Waals surface area contributed by atoms with Crippen molar-refractivity contribution in [2.75, 3.05) is 0 Å². The Morgan fingerprint density at radius 2 is 0.438 bits per heavy atom. The molecule has 0 atom stereocenters. The molecule has 20 rings (SSSR count). The summed E-state index contributed by atoms with van der Waals surface area (Å²) in [5.41, 5.74) is 30.2. The third kappa shape index (κ3) is 31.5. The second kappa shape index (κ2) is 54.4. The van der Waals surface area contributed by atoms with Crippen LogP contribution in [0.1, 0.15) is 22.4 Å². The minimum absolute atomic E-state index is 0. The van der Waals surface area contributed by atoms with E-state index in [0.29, 0.717) is 0 Å². The molecule has 0 aliphatic heterocycles. The van der Waals surface area contributed by atoms with E-state index < -0.39 is 0 Å². The van der Waals surface area contributed by atoms with Crippen LogP contribution in [-0.4, -0.2) is 39.9 Å². The second-order valence-corrected chi connectivity index (χ2v) is 28.2. The fourth-order valence-corrected chi connectivity index (χ4v) is 12.6. The van der Waals surface area contributed by atoms with Crippen LogP contribution in [0, 0.1) is 76.2 Å². The Labute approximate surface area is 808 Å². The Balaban J connectivity index is 0.000000166. The molecule has 0 unspecified atom stereocenters. The van der Waals surface area contributed by atoms with Gasteiger partial charge in [0.25, 0.3) is 0 Å². The monoisotopic (exact) mass is 2360 g/mol. The first-order valence-corrected chi connectivity index (χ1v) is 40.7. The van der Waals surface area contributed by atoms with Crippen molar-refractivity contribution in [1.29, 1.82) is 0 Å². The van der Waals surface area contributed by atoms with Crippen molar-refractivity contribution in [2.45, 2.75) is 27.7 Å². The number of rotatable bonds is 12. The first kappa shape index (κ1) is 98.2. The Hall–Kier alpha value is -13.6. The molecule has 0 amide bonds. The third-order valence-electron chi connectivity index (χ3n) is 19.0. The number of benzene rings is 12. The molecule has 8 heterocycles. The van der Waals surface area contributed by atoms with E-state index in [-0.39, 0.29) is 80.4 Å². The van der Waals surface area contributed by atoms with Crippen molar-refractivity contribution < 1.29 is 80.4 Å². The Morgan fingerprint density at radius 1 is 0.172 bits per heavy atom. The molecule has 0 saturated carbocycles. The van der Waals surface area contributed by atoms with Gasteiger partial charge in [-0.05, 0) is 121 Å². The van der Waals surface area contributed by atoms with Crippen LogP contribution in [0.4, 0.5) is 0 Å². The van der Waals surface area contributed by atoms with E-state index in [4.69, 9.17) is 0 Å². The fraction of sp³-hybridized carbons (Fsp3) is 0.0345. The van der Waals surface area contributed by atoms with Crippen molar-refractivity contribution in [3.05, 3.63) is 533 Å². The summed E-state index contributed by atoms with van der Waals surface area (Å²) < 4.78 is 0. The Bertz CT molecular complexity index is 5930. The predicted octanol–water partition coefficient (Wildman–Crippen LogP) is 28.3. The quantitative estimate of drug-likeness (QED) is 0.111. The first-order chi connectivity index (χ1) is 61.2. The van der Waals surface area contributed by atoms with E-state index in [1.165, 1.54) is 61.2 Å². The molecular weight excluding hydrogens is 2270 g/mol. The van der Waals surface area contributed by atoms with E-state index in [1.807, 2.05) is 336 Å². The second-order valence-electron chi connectivity index (χ2n) is 28.2. The number of nitrogens with zero attached hydrogens (tertiary/aromatic N) is 8. The van der Waals surface area contributed by atoms with E-state index >= 15 is 0 Å². The van der Waals surface area contributed by atoms with Crippen LogP contribution in [0.25, 0.3) is 135 Å². The molecule has 0 bridgehead atoms. The summed E-state index contributed by atoms with van der Waals surface area (Å²) in [5.74, 6) is 0. The summed E-state index contributed by atoms with van der Waals surface area (Å²) >= 11 is 0.